The van der Waals surface area contributed by atoms with E-state index in [-0.39, 0.29) is 6.61 Å². The smallest absolute Gasteiger partial charge is 0.131 e. The number of likely N-dealkylation sites (N-methyl/N-ethyl adjacent to an activating group) is 1. The van der Waals surface area contributed by atoms with Crippen molar-refractivity contribution >= 4 is 5.82 Å². The first-order valence-electron chi connectivity index (χ1n) is 6.17. The van der Waals surface area contributed by atoms with Crippen molar-refractivity contribution in [2.45, 2.75) is 26.8 Å². The number of aliphatic hydroxyl groups excluding tert-OH is 1. The molecular formula is C12H24N4O. The maximum absolute atomic E-state index is 9.01. The topological polar surface area (TPSA) is 53.3 Å². The lowest BCUT2D eigenvalue weighted by Crippen LogP contribution is -2.26. The molecule has 0 aromatic carbocycles. The standard InChI is InChI=1S/C12H24N4O/c1-5-6-13-9-11-10(2)14-16(4)12(11)15(3)7-8-17/h13,17H,5-9H2,1-4H3. The predicted octanol–water partition coefficient (Wildman–Crippen LogP) is 0.657. The van der Waals surface area contributed by atoms with Gasteiger partial charge in [0.2, 0.25) is 0 Å². The van der Waals surface area contributed by atoms with Gasteiger partial charge in [-0.1, -0.05) is 6.92 Å². The van der Waals surface area contributed by atoms with Crippen LogP contribution in [-0.2, 0) is 13.6 Å². The van der Waals surface area contributed by atoms with E-state index < -0.39 is 0 Å². The molecule has 0 fully saturated rings. The average Bonchev–Trinajstić information content (AvgIpc) is 2.54. The number of rotatable bonds is 7. The predicted molar refractivity (Wildman–Crippen MR) is 70.3 cm³/mol. The van der Waals surface area contributed by atoms with E-state index in [0.29, 0.717) is 6.54 Å². The number of hydrogen-bond acceptors (Lipinski definition) is 4. The summed E-state index contributed by atoms with van der Waals surface area (Å²) >= 11 is 0. The fraction of sp³-hybridized carbons (Fsp3) is 0.750. The lowest BCUT2D eigenvalue weighted by atomic mass is 10.2. The van der Waals surface area contributed by atoms with E-state index >= 15 is 0 Å². The average molecular weight is 240 g/mol. The van der Waals surface area contributed by atoms with Crippen molar-refractivity contribution in [3.63, 3.8) is 0 Å². The Labute approximate surface area is 103 Å². The Morgan fingerprint density at radius 3 is 2.76 bits per heavy atom. The summed E-state index contributed by atoms with van der Waals surface area (Å²) in [5, 5.41) is 16.9. The number of hydrogen-bond donors (Lipinski definition) is 2. The van der Waals surface area contributed by atoms with E-state index in [1.54, 1.807) is 0 Å². The highest BCUT2D eigenvalue weighted by atomic mass is 16.3. The van der Waals surface area contributed by atoms with Gasteiger partial charge in [-0.3, -0.25) is 4.68 Å². The highest BCUT2D eigenvalue weighted by Crippen LogP contribution is 2.21. The number of anilines is 1. The number of aryl methyl sites for hydroxylation is 2. The molecule has 0 aliphatic rings. The molecule has 17 heavy (non-hydrogen) atoms. The Hall–Kier alpha value is -1.07. The minimum Gasteiger partial charge on any atom is -0.395 e. The molecule has 0 saturated heterocycles. The Bertz CT molecular complexity index is 349. The van der Waals surface area contributed by atoms with E-state index in [2.05, 4.69) is 17.3 Å². The molecule has 2 N–H and O–H groups in total. The summed E-state index contributed by atoms with van der Waals surface area (Å²) in [7, 11) is 3.93. The van der Waals surface area contributed by atoms with Gasteiger partial charge in [0.25, 0.3) is 0 Å². The Balaban J connectivity index is 2.85. The fourth-order valence-corrected chi connectivity index (χ4v) is 2.02. The molecule has 5 heteroatoms. The van der Waals surface area contributed by atoms with Gasteiger partial charge in [0.15, 0.2) is 0 Å². The van der Waals surface area contributed by atoms with Crippen LogP contribution in [0.25, 0.3) is 0 Å². The molecule has 98 valence electrons. The molecule has 0 aliphatic carbocycles. The van der Waals surface area contributed by atoms with Crippen LogP contribution in [0.4, 0.5) is 5.82 Å². The van der Waals surface area contributed by atoms with Gasteiger partial charge < -0.3 is 15.3 Å². The number of nitrogens with one attached hydrogen (secondary N) is 1. The monoisotopic (exact) mass is 240 g/mol. The molecule has 0 bridgehead atoms. The van der Waals surface area contributed by atoms with Gasteiger partial charge in [0.05, 0.1) is 12.3 Å². The van der Waals surface area contributed by atoms with E-state index in [1.165, 1.54) is 5.56 Å². The van der Waals surface area contributed by atoms with Crippen molar-refractivity contribution in [1.82, 2.24) is 15.1 Å². The summed E-state index contributed by atoms with van der Waals surface area (Å²) in [5.41, 5.74) is 2.27. The lowest BCUT2D eigenvalue weighted by molar-refractivity contribution is 0.303. The minimum absolute atomic E-state index is 0.155. The zero-order valence-corrected chi connectivity index (χ0v) is 11.3. The molecule has 0 atom stereocenters. The second-order valence-electron chi connectivity index (χ2n) is 4.33. The van der Waals surface area contributed by atoms with E-state index in [4.69, 9.17) is 5.11 Å². The number of aliphatic hydroxyl groups is 1. The first-order chi connectivity index (χ1) is 8.11. The van der Waals surface area contributed by atoms with Crippen LogP contribution in [0.3, 0.4) is 0 Å². The van der Waals surface area contributed by atoms with Gasteiger partial charge >= 0.3 is 0 Å². The first kappa shape index (κ1) is 14.0. The van der Waals surface area contributed by atoms with Gasteiger partial charge in [0.1, 0.15) is 5.82 Å². The summed E-state index contributed by atoms with van der Waals surface area (Å²) < 4.78 is 1.88. The van der Waals surface area contributed by atoms with Crippen molar-refractivity contribution in [1.29, 1.82) is 0 Å². The Kier molecular flexibility index (Phi) is 5.44. The summed E-state index contributed by atoms with van der Waals surface area (Å²) in [6.07, 6.45) is 1.13. The summed E-state index contributed by atoms with van der Waals surface area (Å²) in [5.74, 6) is 1.08. The lowest BCUT2D eigenvalue weighted by Gasteiger charge is -2.20. The van der Waals surface area contributed by atoms with Crippen LogP contribution in [0.15, 0.2) is 0 Å². The first-order valence-corrected chi connectivity index (χ1v) is 6.17. The van der Waals surface area contributed by atoms with Gasteiger partial charge in [-0.15, -0.1) is 0 Å². The van der Waals surface area contributed by atoms with E-state index in [1.807, 2.05) is 30.6 Å². The van der Waals surface area contributed by atoms with Crippen molar-refractivity contribution in [3.05, 3.63) is 11.3 Å². The SMILES string of the molecule is CCCNCc1c(C)nn(C)c1N(C)CCO. The van der Waals surface area contributed by atoms with Crippen LogP contribution in [-0.4, -0.2) is 41.6 Å². The molecule has 1 heterocycles. The minimum atomic E-state index is 0.155. The molecule has 1 rings (SSSR count). The van der Waals surface area contributed by atoms with Crippen LogP contribution in [0.2, 0.25) is 0 Å². The van der Waals surface area contributed by atoms with E-state index in [0.717, 1.165) is 31.0 Å². The van der Waals surface area contributed by atoms with Crippen LogP contribution in [0, 0.1) is 6.92 Å². The molecule has 0 radical (unpaired) electrons. The van der Waals surface area contributed by atoms with Crippen LogP contribution < -0.4 is 10.2 Å². The Morgan fingerprint density at radius 1 is 1.47 bits per heavy atom. The molecule has 1 aromatic rings. The summed E-state index contributed by atoms with van der Waals surface area (Å²) in [6, 6.07) is 0. The third-order valence-electron chi connectivity index (χ3n) is 2.84. The fourth-order valence-electron chi connectivity index (χ4n) is 2.02. The van der Waals surface area contributed by atoms with Gasteiger partial charge in [-0.2, -0.15) is 5.10 Å². The van der Waals surface area contributed by atoms with Crippen LogP contribution >= 0.6 is 0 Å². The van der Waals surface area contributed by atoms with Crippen molar-refractivity contribution in [2.75, 3.05) is 31.6 Å². The van der Waals surface area contributed by atoms with Crippen LogP contribution in [0.1, 0.15) is 24.6 Å². The third-order valence-corrected chi connectivity index (χ3v) is 2.84. The van der Waals surface area contributed by atoms with Gasteiger partial charge in [-0.25, -0.2) is 0 Å². The molecular weight excluding hydrogens is 216 g/mol. The largest absolute Gasteiger partial charge is 0.395 e. The quantitative estimate of drug-likeness (QED) is 0.687. The molecule has 0 aliphatic heterocycles. The second kappa shape index (κ2) is 6.61. The number of nitrogens with zero attached hydrogens (tertiary/aromatic N) is 3. The van der Waals surface area contributed by atoms with E-state index in [9.17, 15) is 0 Å². The third kappa shape index (κ3) is 3.44. The van der Waals surface area contributed by atoms with Gasteiger partial charge in [0, 0.05) is 32.7 Å². The molecule has 0 saturated carbocycles. The van der Waals surface area contributed by atoms with Crippen LogP contribution in [0.5, 0.6) is 0 Å². The Morgan fingerprint density at radius 2 is 2.18 bits per heavy atom. The van der Waals surface area contributed by atoms with Crippen molar-refractivity contribution in [3.8, 4) is 0 Å². The number of aromatic nitrogens is 2. The summed E-state index contributed by atoms with van der Waals surface area (Å²) in [6.45, 7) is 6.81. The van der Waals surface area contributed by atoms with Gasteiger partial charge in [-0.05, 0) is 19.9 Å². The highest BCUT2D eigenvalue weighted by Gasteiger charge is 2.15. The molecule has 0 amide bonds. The normalized spacial score (nSPS) is 10.9. The summed E-state index contributed by atoms with van der Waals surface area (Å²) in [4.78, 5) is 2.04. The zero-order valence-electron chi connectivity index (χ0n) is 11.3. The maximum atomic E-state index is 9.01. The molecule has 0 spiro atoms. The van der Waals surface area contributed by atoms with Crippen molar-refractivity contribution in [2.24, 2.45) is 7.05 Å². The second-order valence-corrected chi connectivity index (χ2v) is 4.33. The molecule has 5 nitrogen and oxygen atoms in total. The highest BCUT2D eigenvalue weighted by molar-refractivity contribution is 5.49. The molecule has 1 aromatic heterocycles. The molecule has 0 unspecified atom stereocenters. The van der Waals surface area contributed by atoms with Crippen molar-refractivity contribution < 1.29 is 5.11 Å². The zero-order chi connectivity index (χ0) is 12.8. The maximum Gasteiger partial charge on any atom is 0.131 e.